The fourth-order valence-corrected chi connectivity index (χ4v) is 2.72. The van der Waals surface area contributed by atoms with Crippen molar-refractivity contribution in [3.8, 4) is 5.69 Å². The number of aromatic nitrogens is 2. The quantitative estimate of drug-likeness (QED) is 0.466. The van der Waals surface area contributed by atoms with Crippen molar-refractivity contribution in [1.82, 2.24) is 20.4 Å². The number of nitrogens with zero attached hydrogens (tertiary/aromatic N) is 3. The zero-order valence-electron chi connectivity index (χ0n) is 15.3. The summed E-state index contributed by atoms with van der Waals surface area (Å²) in [6.07, 6.45) is 3.63. The van der Waals surface area contributed by atoms with E-state index in [9.17, 15) is 0 Å². The highest BCUT2D eigenvalue weighted by atomic mass is 15.3. The molecule has 0 saturated carbocycles. The van der Waals surface area contributed by atoms with Crippen LogP contribution in [-0.4, -0.2) is 29.3 Å². The lowest BCUT2D eigenvalue weighted by Crippen LogP contribution is -2.37. The third kappa shape index (κ3) is 4.85. The van der Waals surface area contributed by atoms with Crippen LogP contribution in [0.25, 0.3) is 5.69 Å². The number of aliphatic imine (C=N–C) groups is 1. The first-order valence-electron chi connectivity index (χ1n) is 8.71. The van der Waals surface area contributed by atoms with Gasteiger partial charge in [0.1, 0.15) is 0 Å². The van der Waals surface area contributed by atoms with Gasteiger partial charge in [-0.05, 0) is 38.0 Å². The number of guanidine groups is 1. The van der Waals surface area contributed by atoms with Gasteiger partial charge in [-0.25, -0.2) is 4.68 Å². The predicted molar refractivity (Wildman–Crippen MR) is 101 cm³/mol. The maximum atomic E-state index is 4.60. The molecule has 0 amide bonds. The average molecular weight is 327 g/mol. The molecule has 0 saturated heterocycles. The van der Waals surface area contributed by atoms with E-state index in [0.29, 0.717) is 6.54 Å². The minimum Gasteiger partial charge on any atom is -0.356 e. The highest BCUT2D eigenvalue weighted by Gasteiger charge is 2.09. The first-order valence-corrected chi connectivity index (χ1v) is 8.71. The summed E-state index contributed by atoms with van der Waals surface area (Å²) in [5.41, 5.74) is 4.47. The summed E-state index contributed by atoms with van der Waals surface area (Å²) in [5.74, 6) is 0.842. The van der Waals surface area contributed by atoms with Gasteiger partial charge in [-0.2, -0.15) is 5.10 Å². The summed E-state index contributed by atoms with van der Waals surface area (Å²) in [6.45, 7) is 7.97. The molecule has 0 bridgehead atoms. The Hall–Kier alpha value is -2.30. The zero-order valence-corrected chi connectivity index (χ0v) is 15.3. The highest BCUT2D eigenvalue weighted by molar-refractivity contribution is 5.79. The summed E-state index contributed by atoms with van der Waals surface area (Å²) < 4.78 is 2.00. The van der Waals surface area contributed by atoms with E-state index in [4.69, 9.17) is 0 Å². The Balaban J connectivity index is 2.04. The van der Waals surface area contributed by atoms with Gasteiger partial charge in [-0.3, -0.25) is 4.99 Å². The molecule has 1 heterocycles. The van der Waals surface area contributed by atoms with Crippen LogP contribution >= 0.6 is 0 Å². The maximum Gasteiger partial charge on any atom is 0.191 e. The van der Waals surface area contributed by atoms with Gasteiger partial charge in [0.15, 0.2) is 5.96 Å². The molecule has 1 aromatic heterocycles. The molecule has 5 nitrogen and oxygen atoms in total. The minimum atomic E-state index is 0.710. The number of nitrogens with one attached hydrogen (secondary N) is 2. The standard InChI is InChI=1S/C19H29N5/c1-5-6-9-12-21-19(20-4)22-14-17-10-7-8-11-18(17)24-16(3)13-15(2)23-24/h7-8,10-11,13H,5-6,9,12,14H2,1-4H3,(H2,20,21,22). The van der Waals surface area contributed by atoms with E-state index < -0.39 is 0 Å². The van der Waals surface area contributed by atoms with Crippen LogP contribution in [0.5, 0.6) is 0 Å². The van der Waals surface area contributed by atoms with Crippen LogP contribution in [0.15, 0.2) is 35.3 Å². The highest BCUT2D eigenvalue weighted by Crippen LogP contribution is 2.16. The molecule has 0 unspecified atom stereocenters. The molecule has 0 spiro atoms. The van der Waals surface area contributed by atoms with Crippen LogP contribution in [0.3, 0.4) is 0 Å². The van der Waals surface area contributed by atoms with E-state index in [1.807, 2.05) is 24.7 Å². The van der Waals surface area contributed by atoms with Crippen molar-refractivity contribution >= 4 is 5.96 Å². The lowest BCUT2D eigenvalue weighted by Gasteiger charge is -2.15. The molecular weight excluding hydrogens is 298 g/mol. The second-order valence-electron chi connectivity index (χ2n) is 6.03. The monoisotopic (exact) mass is 327 g/mol. The average Bonchev–Trinajstić information content (AvgIpc) is 2.93. The Labute approximate surface area is 145 Å². The molecule has 0 fully saturated rings. The molecule has 0 radical (unpaired) electrons. The van der Waals surface area contributed by atoms with Crippen LogP contribution in [0.1, 0.15) is 43.1 Å². The van der Waals surface area contributed by atoms with E-state index >= 15 is 0 Å². The SMILES string of the molecule is CCCCCNC(=NC)NCc1ccccc1-n1nc(C)cc1C. The molecule has 0 aliphatic heterocycles. The van der Waals surface area contributed by atoms with E-state index in [0.717, 1.165) is 29.6 Å². The van der Waals surface area contributed by atoms with Gasteiger partial charge in [-0.15, -0.1) is 0 Å². The van der Waals surface area contributed by atoms with Crippen LogP contribution in [-0.2, 0) is 6.54 Å². The molecule has 1 aromatic carbocycles. The molecule has 0 atom stereocenters. The number of hydrogen-bond acceptors (Lipinski definition) is 2. The summed E-state index contributed by atoms with van der Waals surface area (Å²) in [7, 11) is 1.81. The first-order chi connectivity index (χ1) is 11.7. The molecule has 0 aliphatic rings. The molecule has 130 valence electrons. The number of benzene rings is 1. The molecule has 2 aromatic rings. The Bertz CT molecular complexity index is 672. The van der Waals surface area contributed by atoms with E-state index in [-0.39, 0.29) is 0 Å². The summed E-state index contributed by atoms with van der Waals surface area (Å²) in [5, 5.41) is 11.4. The van der Waals surface area contributed by atoms with Crippen LogP contribution in [0, 0.1) is 13.8 Å². The number of rotatable bonds is 7. The Morgan fingerprint density at radius 2 is 1.96 bits per heavy atom. The first kappa shape index (κ1) is 18.0. The lowest BCUT2D eigenvalue weighted by atomic mass is 10.1. The summed E-state index contributed by atoms with van der Waals surface area (Å²) >= 11 is 0. The van der Waals surface area contributed by atoms with Crippen molar-refractivity contribution in [3.05, 3.63) is 47.3 Å². The largest absolute Gasteiger partial charge is 0.356 e. The van der Waals surface area contributed by atoms with Crippen molar-refractivity contribution < 1.29 is 0 Å². The van der Waals surface area contributed by atoms with Crippen molar-refractivity contribution in [3.63, 3.8) is 0 Å². The van der Waals surface area contributed by atoms with Crippen molar-refractivity contribution in [1.29, 1.82) is 0 Å². The lowest BCUT2D eigenvalue weighted by molar-refractivity contribution is 0.682. The Morgan fingerprint density at radius 1 is 1.17 bits per heavy atom. The topological polar surface area (TPSA) is 54.2 Å². The molecule has 2 rings (SSSR count). The third-order valence-electron chi connectivity index (χ3n) is 3.97. The van der Waals surface area contributed by atoms with Crippen molar-refractivity contribution in [2.45, 2.75) is 46.6 Å². The maximum absolute atomic E-state index is 4.60. The normalized spacial score (nSPS) is 11.6. The Morgan fingerprint density at radius 3 is 2.62 bits per heavy atom. The fraction of sp³-hybridized carbons (Fsp3) is 0.474. The van der Waals surface area contributed by atoms with E-state index in [1.165, 1.54) is 24.8 Å². The zero-order chi connectivity index (χ0) is 17.4. The fourth-order valence-electron chi connectivity index (χ4n) is 2.72. The van der Waals surface area contributed by atoms with Gasteiger partial charge in [0.05, 0.1) is 11.4 Å². The second kappa shape index (κ2) is 9.11. The van der Waals surface area contributed by atoms with E-state index in [2.05, 4.69) is 58.8 Å². The van der Waals surface area contributed by atoms with Gasteiger partial charge >= 0.3 is 0 Å². The molecule has 5 heteroatoms. The minimum absolute atomic E-state index is 0.710. The molecule has 24 heavy (non-hydrogen) atoms. The Kier molecular flexibility index (Phi) is 6.85. The molecular formula is C19H29N5. The van der Waals surface area contributed by atoms with Crippen LogP contribution in [0.2, 0.25) is 0 Å². The van der Waals surface area contributed by atoms with Gasteiger partial charge in [-0.1, -0.05) is 38.0 Å². The van der Waals surface area contributed by atoms with Crippen LogP contribution < -0.4 is 10.6 Å². The summed E-state index contributed by atoms with van der Waals surface area (Å²) in [4.78, 5) is 4.30. The second-order valence-corrected chi connectivity index (χ2v) is 6.03. The van der Waals surface area contributed by atoms with Gasteiger partial charge in [0, 0.05) is 25.8 Å². The van der Waals surface area contributed by atoms with Gasteiger partial charge < -0.3 is 10.6 Å². The van der Waals surface area contributed by atoms with Crippen molar-refractivity contribution in [2.24, 2.45) is 4.99 Å². The van der Waals surface area contributed by atoms with Gasteiger partial charge in [0.2, 0.25) is 0 Å². The van der Waals surface area contributed by atoms with Gasteiger partial charge in [0.25, 0.3) is 0 Å². The number of unbranched alkanes of at least 4 members (excludes halogenated alkanes) is 2. The number of hydrogen-bond donors (Lipinski definition) is 2. The van der Waals surface area contributed by atoms with Crippen molar-refractivity contribution in [2.75, 3.05) is 13.6 Å². The van der Waals surface area contributed by atoms with Crippen LogP contribution in [0.4, 0.5) is 0 Å². The molecule has 2 N–H and O–H groups in total. The third-order valence-corrected chi connectivity index (χ3v) is 3.97. The van der Waals surface area contributed by atoms with E-state index in [1.54, 1.807) is 0 Å². The summed E-state index contributed by atoms with van der Waals surface area (Å²) in [6, 6.07) is 10.4. The number of aryl methyl sites for hydroxylation is 2. The number of para-hydroxylation sites is 1. The predicted octanol–water partition coefficient (Wildman–Crippen LogP) is 3.34. The molecule has 0 aliphatic carbocycles. The smallest absolute Gasteiger partial charge is 0.191 e.